The van der Waals surface area contributed by atoms with Crippen molar-refractivity contribution in [3.05, 3.63) is 36.5 Å². The summed E-state index contributed by atoms with van der Waals surface area (Å²) in [4.78, 5) is 4.24. The summed E-state index contributed by atoms with van der Waals surface area (Å²) in [5.41, 5.74) is 1.53. The lowest BCUT2D eigenvalue weighted by Crippen LogP contribution is -2.41. The minimum absolute atomic E-state index is 0.212. The van der Waals surface area contributed by atoms with Crippen LogP contribution in [0.25, 0.3) is 10.9 Å². The van der Waals surface area contributed by atoms with E-state index < -0.39 is 18.1 Å². The van der Waals surface area contributed by atoms with Gasteiger partial charge >= 0.3 is 6.18 Å². The Morgan fingerprint density at radius 3 is 2.67 bits per heavy atom. The van der Waals surface area contributed by atoms with Crippen molar-refractivity contribution in [2.45, 2.75) is 37.9 Å². The lowest BCUT2D eigenvalue weighted by molar-refractivity contribution is -0.184. The standard InChI is InChI=1S/C16H17F3N2/c17-16(18,19)12-6-1-2-7-15(12)21-14-9-3-8-13-11(14)5-4-10-20-13/h3-5,8-10,12,15,21H,1-2,6-7H2. The number of anilines is 1. The fourth-order valence-electron chi connectivity index (χ4n) is 3.12. The predicted octanol–water partition coefficient (Wildman–Crippen LogP) is 4.77. The lowest BCUT2D eigenvalue weighted by Gasteiger charge is -2.34. The largest absolute Gasteiger partial charge is 0.393 e. The molecule has 2 atom stereocenters. The highest BCUT2D eigenvalue weighted by Crippen LogP contribution is 2.39. The zero-order valence-electron chi connectivity index (χ0n) is 11.5. The number of hydrogen-bond acceptors (Lipinski definition) is 2. The van der Waals surface area contributed by atoms with Crippen molar-refractivity contribution < 1.29 is 13.2 Å². The molecule has 1 fully saturated rings. The Labute approximate surface area is 121 Å². The van der Waals surface area contributed by atoms with Crippen molar-refractivity contribution in [3.63, 3.8) is 0 Å². The van der Waals surface area contributed by atoms with Crippen LogP contribution in [0.2, 0.25) is 0 Å². The molecule has 5 heteroatoms. The second kappa shape index (κ2) is 5.54. The summed E-state index contributed by atoms with van der Waals surface area (Å²) in [7, 11) is 0. The molecule has 1 aliphatic rings. The first-order valence-electron chi connectivity index (χ1n) is 7.23. The molecule has 0 aliphatic heterocycles. The van der Waals surface area contributed by atoms with Gasteiger partial charge in [0, 0.05) is 23.3 Å². The van der Waals surface area contributed by atoms with Gasteiger partial charge in [-0.3, -0.25) is 4.98 Å². The summed E-state index contributed by atoms with van der Waals surface area (Å²) in [6.07, 6.45) is -0.191. The molecular formula is C16H17F3N2. The van der Waals surface area contributed by atoms with E-state index in [1.54, 1.807) is 12.3 Å². The van der Waals surface area contributed by atoms with Crippen LogP contribution in [0.5, 0.6) is 0 Å². The number of halogens is 3. The van der Waals surface area contributed by atoms with Crippen molar-refractivity contribution in [3.8, 4) is 0 Å². The van der Waals surface area contributed by atoms with Gasteiger partial charge in [0.2, 0.25) is 0 Å². The van der Waals surface area contributed by atoms with Gasteiger partial charge in [0.15, 0.2) is 0 Å². The number of rotatable bonds is 2. The average molecular weight is 294 g/mol. The van der Waals surface area contributed by atoms with E-state index in [0.717, 1.165) is 23.0 Å². The maximum atomic E-state index is 13.2. The van der Waals surface area contributed by atoms with E-state index in [-0.39, 0.29) is 6.42 Å². The molecule has 0 amide bonds. The van der Waals surface area contributed by atoms with Gasteiger partial charge in [-0.15, -0.1) is 0 Å². The summed E-state index contributed by atoms with van der Waals surface area (Å²) < 4.78 is 39.5. The molecule has 2 unspecified atom stereocenters. The van der Waals surface area contributed by atoms with Crippen LogP contribution in [0.15, 0.2) is 36.5 Å². The highest BCUT2D eigenvalue weighted by molar-refractivity contribution is 5.91. The summed E-state index contributed by atoms with van der Waals surface area (Å²) in [6, 6.07) is 8.65. The summed E-state index contributed by atoms with van der Waals surface area (Å²) >= 11 is 0. The van der Waals surface area contributed by atoms with Crippen LogP contribution in [-0.2, 0) is 0 Å². The topological polar surface area (TPSA) is 24.9 Å². The van der Waals surface area contributed by atoms with Crippen molar-refractivity contribution in [1.82, 2.24) is 4.98 Å². The quantitative estimate of drug-likeness (QED) is 0.863. The van der Waals surface area contributed by atoms with Crippen molar-refractivity contribution >= 4 is 16.6 Å². The van der Waals surface area contributed by atoms with Gasteiger partial charge in [-0.1, -0.05) is 18.9 Å². The molecule has 1 aromatic heterocycles. The molecule has 0 saturated heterocycles. The molecule has 2 aromatic rings. The number of nitrogens with zero attached hydrogens (tertiary/aromatic N) is 1. The van der Waals surface area contributed by atoms with Gasteiger partial charge in [0.05, 0.1) is 11.4 Å². The molecule has 0 bridgehead atoms. The molecule has 0 radical (unpaired) electrons. The summed E-state index contributed by atoms with van der Waals surface area (Å²) in [5.74, 6) is -1.27. The van der Waals surface area contributed by atoms with Crippen molar-refractivity contribution in [2.75, 3.05) is 5.32 Å². The Morgan fingerprint density at radius 2 is 1.86 bits per heavy atom. The van der Waals surface area contributed by atoms with E-state index in [1.165, 1.54) is 0 Å². The van der Waals surface area contributed by atoms with E-state index >= 15 is 0 Å². The molecule has 1 N–H and O–H groups in total. The molecular weight excluding hydrogens is 277 g/mol. The fraction of sp³-hybridized carbons (Fsp3) is 0.438. The number of alkyl halides is 3. The van der Waals surface area contributed by atoms with Gasteiger partial charge in [-0.25, -0.2) is 0 Å². The summed E-state index contributed by atoms with van der Waals surface area (Å²) in [6.45, 7) is 0. The van der Waals surface area contributed by atoms with Gasteiger partial charge in [0.1, 0.15) is 0 Å². The Balaban J connectivity index is 1.90. The van der Waals surface area contributed by atoms with Crippen LogP contribution in [0.4, 0.5) is 18.9 Å². The van der Waals surface area contributed by atoms with Crippen LogP contribution < -0.4 is 5.32 Å². The zero-order valence-corrected chi connectivity index (χ0v) is 11.5. The van der Waals surface area contributed by atoms with E-state index in [4.69, 9.17) is 0 Å². The highest BCUT2D eigenvalue weighted by atomic mass is 19.4. The first kappa shape index (κ1) is 14.2. The van der Waals surface area contributed by atoms with Gasteiger partial charge < -0.3 is 5.32 Å². The summed E-state index contributed by atoms with van der Waals surface area (Å²) in [5, 5.41) is 3.99. The Kier molecular flexibility index (Phi) is 3.74. The smallest absolute Gasteiger partial charge is 0.381 e. The third-order valence-electron chi connectivity index (χ3n) is 4.17. The molecule has 1 saturated carbocycles. The van der Waals surface area contributed by atoms with Crippen molar-refractivity contribution in [1.29, 1.82) is 0 Å². The van der Waals surface area contributed by atoms with Gasteiger partial charge in [-0.2, -0.15) is 13.2 Å². The molecule has 1 aliphatic carbocycles. The second-order valence-corrected chi connectivity index (χ2v) is 5.56. The maximum Gasteiger partial charge on any atom is 0.393 e. The van der Waals surface area contributed by atoms with E-state index in [1.807, 2.05) is 24.3 Å². The third kappa shape index (κ3) is 2.96. The van der Waals surface area contributed by atoms with Crippen LogP contribution in [0, 0.1) is 5.92 Å². The normalized spacial score (nSPS) is 23.2. The molecule has 0 spiro atoms. The van der Waals surface area contributed by atoms with E-state index in [2.05, 4.69) is 10.3 Å². The number of nitrogens with one attached hydrogen (secondary N) is 1. The van der Waals surface area contributed by atoms with Crippen LogP contribution >= 0.6 is 0 Å². The first-order valence-corrected chi connectivity index (χ1v) is 7.23. The van der Waals surface area contributed by atoms with E-state index in [0.29, 0.717) is 12.8 Å². The van der Waals surface area contributed by atoms with Crippen LogP contribution in [0.1, 0.15) is 25.7 Å². The molecule has 2 nitrogen and oxygen atoms in total. The zero-order chi connectivity index (χ0) is 14.9. The average Bonchev–Trinajstić information content (AvgIpc) is 2.47. The predicted molar refractivity (Wildman–Crippen MR) is 77.2 cm³/mol. The monoisotopic (exact) mass is 294 g/mol. The number of fused-ring (bicyclic) bond motifs is 1. The van der Waals surface area contributed by atoms with Gasteiger partial charge in [0.25, 0.3) is 0 Å². The van der Waals surface area contributed by atoms with Gasteiger partial charge in [-0.05, 0) is 37.1 Å². The Hall–Kier alpha value is -1.78. The molecule has 1 aromatic carbocycles. The number of benzene rings is 1. The fourth-order valence-corrected chi connectivity index (χ4v) is 3.12. The molecule has 21 heavy (non-hydrogen) atoms. The third-order valence-corrected chi connectivity index (χ3v) is 4.17. The molecule has 112 valence electrons. The van der Waals surface area contributed by atoms with Crippen LogP contribution in [-0.4, -0.2) is 17.2 Å². The Bertz CT molecular complexity index is 619. The van der Waals surface area contributed by atoms with E-state index in [9.17, 15) is 13.2 Å². The first-order chi connectivity index (χ1) is 10.1. The second-order valence-electron chi connectivity index (χ2n) is 5.56. The molecule has 3 rings (SSSR count). The van der Waals surface area contributed by atoms with Crippen LogP contribution in [0.3, 0.4) is 0 Å². The Morgan fingerprint density at radius 1 is 1.05 bits per heavy atom. The lowest BCUT2D eigenvalue weighted by atomic mass is 9.83. The number of pyridine rings is 1. The minimum atomic E-state index is -4.14. The minimum Gasteiger partial charge on any atom is -0.381 e. The van der Waals surface area contributed by atoms with Crippen molar-refractivity contribution in [2.24, 2.45) is 5.92 Å². The number of hydrogen-bond donors (Lipinski definition) is 1. The maximum absolute atomic E-state index is 13.2. The number of aromatic nitrogens is 1. The SMILES string of the molecule is FC(F)(F)C1CCCCC1Nc1cccc2ncccc12. The highest BCUT2D eigenvalue weighted by Gasteiger charge is 2.45. The molecule has 1 heterocycles.